The fourth-order valence-corrected chi connectivity index (χ4v) is 3.08. The van der Waals surface area contributed by atoms with E-state index in [4.69, 9.17) is 9.05 Å². The first-order chi connectivity index (χ1) is 8.90. The summed E-state index contributed by atoms with van der Waals surface area (Å²) < 4.78 is 22.9. The van der Waals surface area contributed by atoms with Gasteiger partial charge in [0, 0.05) is 25.6 Å². The minimum Gasteiger partial charge on any atom is -0.349 e. The third-order valence-electron chi connectivity index (χ3n) is 2.61. The van der Waals surface area contributed by atoms with E-state index >= 15 is 0 Å². The molecule has 0 unspecified atom stereocenters. The van der Waals surface area contributed by atoms with Crippen molar-refractivity contribution in [2.45, 2.75) is 13.0 Å². The van der Waals surface area contributed by atoms with E-state index in [9.17, 15) is 9.36 Å². The molecule has 0 aromatic heterocycles. The summed E-state index contributed by atoms with van der Waals surface area (Å²) in [5.41, 5.74) is 0.840. The first-order valence-electron chi connectivity index (χ1n) is 5.63. The monoisotopic (exact) mass is 349 g/mol. The molecule has 0 aliphatic carbocycles. The first kappa shape index (κ1) is 16.4. The van der Waals surface area contributed by atoms with Gasteiger partial charge in [-0.05, 0) is 17.7 Å². The summed E-state index contributed by atoms with van der Waals surface area (Å²) in [6.07, 6.45) is 0.0845. The van der Waals surface area contributed by atoms with Gasteiger partial charge in [-0.25, -0.2) is 0 Å². The van der Waals surface area contributed by atoms with E-state index in [-0.39, 0.29) is 12.1 Å². The van der Waals surface area contributed by atoms with Gasteiger partial charge in [-0.1, -0.05) is 28.1 Å². The lowest BCUT2D eigenvalue weighted by Gasteiger charge is -2.22. The van der Waals surface area contributed by atoms with Gasteiger partial charge < -0.3 is 14.4 Å². The quantitative estimate of drug-likeness (QED) is 0.801. The largest absolute Gasteiger partial charge is 0.349 e. The zero-order valence-corrected chi connectivity index (χ0v) is 13.5. The lowest BCUT2D eigenvalue weighted by Crippen LogP contribution is -2.29. The van der Waals surface area contributed by atoms with Gasteiger partial charge >= 0.3 is 7.60 Å². The van der Waals surface area contributed by atoms with Crippen LogP contribution in [0.1, 0.15) is 18.5 Å². The van der Waals surface area contributed by atoms with Gasteiger partial charge in [0.15, 0.2) is 0 Å². The molecule has 0 fully saturated rings. The summed E-state index contributed by atoms with van der Waals surface area (Å²) in [7, 11) is -0.537. The maximum Gasteiger partial charge on any atom is 0.332 e. The normalized spacial score (nSPS) is 13.1. The van der Waals surface area contributed by atoms with Crippen molar-refractivity contribution >= 4 is 29.4 Å². The van der Waals surface area contributed by atoms with Crippen molar-refractivity contribution in [3.63, 3.8) is 0 Å². The zero-order valence-electron chi connectivity index (χ0n) is 11.1. The minimum absolute atomic E-state index is 0.0845. The van der Waals surface area contributed by atoms with Gasteiger partial charge in [-0.2, -0.15) is 0 Å². The number of benzene rings is 1. The van der Waals surface area contributed by atoms with Crippen LogP contribution in [0, 0.1) is 0 Å². The van der Waals surface area contributed by atoms with Crippen molar-refractivity contribution in [3.05, 3.63) is 34.3 Å². The lowest BCUT2D eigenvalue weighted by atomic mass is 10.1. The minimum atomic E-state index is -3.20. The Kier molecular flexibility index (Phi) is 6.20. The molecule has 106 valence electrons. The van der Waals surface area contributed by atoms with Crippen molar-refractivity contribution in [2.24, 2.45) is 0 Å². The predicted molar refractivity (Wildman–Crippen MR) is 77.2 cm³/mol. The van der Waals surface area contributed by atoms with Gasteiger partial charge in [-0.3, -0.25) is 9.36 Å². The Morgan fingerprint density at radius 3 is 2.26 bits per heavy atom. The SMILES string of the molecule is COP(=O)(C[C@H](NC(C)=O)c1ccc(Br)cc1)OC. The highest BCUT2D eigenvalue weighted by atomic mass is 79.9. The number of hydrogen-bond acceptors (Lipinski definition) is 4. The van der Waals surface area contributed by atoms with Crippen molar-refractivity contribution in [2.75, 3.05) is 20.4 Å². The van der Waals surface area contributed by atoms with Crippen LogP contribution in [0.5, 0.6) is 0 Å². The van der Waals surface area contributed by atoms with E-state index in [0.717, 1.165) is 10.0 Å². The maximum atomic E-state index is 12.2. The van der Waals surface area contributed by atoms with E-state index in [1.165, 1.54) is 21.1 Å². The van der Waals surface area contributed by atoms with Crippen LogP contribution in [0.4, 0.5) is 0 Å². The van der Waals surface area contributed by atoms with Crippen LogP contribution in [-0.2, 0) is 18.4 Å². The molecule has 0 aliphatic rings. The van der Waals surface area contributed by atoms with Gasteiger partial charge in [0.2, 0.25) is 5.91 Å². The Morgan fingerprint density at radius 2 is 1.84 bits per heavy atom. The van der Waals surface area contributed by atoms with Gasteiger partial charge in [0.25, 0.3) is 0 Å². The molecule has 0 heterocycles. The second-order valence-corrected chi connectivity index (χ2v) is 7.20. The topological polar surface area (TPSA) is 64.6 Å². The molecule has 1 rings (SSSR count). The Labute approximate surface area is 121 Å². The summed E-state index contributed by atoms with van der Waals surface area (Å²) in [6.45, 7) is 1.41. The Morgan fingerprint density at radius 1 is 1.32 bits per heavy atom. The molecule has 0 radical (unpaired) electrons. The van der Waals surface area contributed by atoms with E-state index in [0.29, 0.717) is 0 Å². The number of carbonyl (C=O) groups excluding carboxylic acids is 1. The molecule has 0 spiro atoms. The highest BCUT2D eigenvalue weighted by molar-refractivity contribution is 9.10. The maximum absolute atomic E-state index is 12.2. The molecule has 0 bridgehead atoms. The number of nitrogens with one attached hydrogen (secondary N) is 1. The summed E-state index contributed by atoms with van der Waals surface area (Å²) in [5, 5.41) is 2.75. The van der Waals surface area contributed by atoms with Crippen LogP contribution < -0.4 is 5.32 Å². The van der Waals surface area contributed by atoms with Crippen LogP contribution in [0.15, 0.2) is 28.7 Å². The Bertz CT molecular complexity index is 469. The summed E-state index contributed by atoms with van der Waals surface area (Å²) in [4.78, 5) is 11.3. The Balaban J connectivity index is 2.98. The number of rotatable bonds is 6. The second-order valence-electron chi connectivity index (χ2n) is 3.96. The van der Waals surface area contributed by atoms with E-state index < -0.39 is 13.6 Å². The lowest BCUT2D eigenvalue weighted by molar-refractivity contribution is -0.119. The van der Waals surface area contributed by atoms with Gasteiger partial charge in [-0.15, -0.1) is 0 Å². The van der Waals surface area contributed by atoms with Crippen molar-refractivity contribution in [1.29, 1.82) is 0 Å². The van der Waals surface area contributed by atoms with Gasteiger partial charge in [0.1, 0.15) is 0 Å². The van der Waals surface area contributed by atoms with Crippen molar-refractivity contribution < 1.29 is 18.4 Å². The molecule has 1 amide bonds. The fraction of sp³-hybridized carbons (Fsp3) is 0.417. The fourth-order valence-electron chi connectivity index (χ4n) is 1.62. The molecule has 0 saturated heterocycles. The standard InChI is InChI=1S/C12H17BrNO4P/c1-9(15)14-12(8-19(16,17-2)18-3)10-4-6-11(13)7-5-10/h4-7,12H,8H2,1-3H3,(H,14,15)/t12-/m0/s1. The van der Waals surface area contributed by atoms with E-state index in [1.807, 2.05) is 24.3 Å². The molecule has 19 heavy (non-hydrogen) atoms. The second kappa shape index (κ2) is 7.20. The molecule has 0 saturated carbocycles. The zero-order chi connectivity index (χ0) is 14.5. The molecule has 7 heteroatoms. The molecule has 1 N–H and O–H groups in total. The molecule has 1 aromatic rings. The van der Waals surface area contributed by atoms with Gasteiger partial charge in [0.05, 0.1) is 12.2 Å². The van der Waals surface area contributed by atoms with E-state index in [1.54, 1.807) is 0 Å². The average Bonchev–Trinajstić information content (AvgIpc) is 2.38. The molecular weight excluding hydrogens is 333 g/mol. The molecule has 1 aromatic carbocycles. The molecule has 5 nitrogen and oxygen atoms in total. The number of amides is 1. The summed E-state index contributed by atoms with van der Waals surface area (Å²) in [5.74, 6) is -0.202. The van der Waals surface area contributed by atoms with Crippen LogP contribution >= 0.6 is 23.5 Å². The third-order valence-corrected chi connectivity index (χ3v) is 5.07. The number of carbonyl (C=O) groups is 1. The van der Waals surface area contributed by atoms with Crippen LogP contribution in [0.25, 0.3) is 0 Å². The average molecular weight is 350 g/mol. The molecule has 1 atom stereocenters. The predicted octanol–water partition coefficient (Wildman–Crippen LogP) is 3.11. The van der Waals surface area contributed by atoms with Crippen LogP contribution in [0.2, 0.25) is 0 Å². The number of hydrogen-bond donors (Lipinski definition) is 1. The van der Waals surface area contributed by atoms with Crippen molar-refractivity contribution in [3.8, 4) is 0 Å². The van der Waals surface area contributed by atoms with Crippen LogP contribution in [0.3, 0.4) is 0 Å². The molecule has 0 aliphatic heterocycles. The van der Waals surface area contributed by atoms with E-state index in [2.05, 4.69) is 21.2 Å². The van der Waals surface area contributed by atoms with Crippen molar-refractivity contribution in [1.82, 2.24) is 5.32 Å². The highest BCUT2D eigenvalue weighted by Gasteiger charge is 2.28. The highest BCUT2D eigenvalue weighted by Crippen LogP contribution is 2.49. The summed E-state index contributed by atoms with van der Waals surface area (Å²) >= 11 is 3.34. The smallest absolute Gasteiger partial charge is 0.332 e. The summed E-state index contributed by atoms with van der Waals surface area (Å²) in [6, 6.07) is 6.99. The third kappa shape index (κ3) is 5.07. The first-order valence-corrected chi connectivity index (χ1v) is 8.15. The molecular formula is C12H17BrNO4P. The van der Waals surface area contributed by atoms with Crippen LogP contribution in [-0.4, -0.2) is 26.3 Å². The number of halogens is 1. The Hall–Kier alpha value is -0.680.